The minimum Gasteiger partial charge on any atom is -0.462 e. The van der Waals surface area contributed by atoms with Gasteiger partial charge in [0.1, 0.15) is 5.70 Å². The molecule has 9 nitrogen and oxygen atoms in total. The Hall–Kier alpha value is -4.79. The first-order chi connectivity index (χ1) is 16.4. The second-order valence-electron chi connectivity index (χ2n) is 6.98. The number of rotatable bonds is 8. The quantitative estimate of drug-likeness (QED) is 0.225. The molecular formula is C25H21N3O6. The van der Waals surface area contributed by atoms with Crippen LogP contribution in [0.2, 0.25) is 0 Å². The van der Waals surface area contributed by atoms with Crippen LogP contribution in [0.5, 0.6) is 0 Å². The molecule has 0 spiro atoms. The standard InChI is InChI=1S/C25H21N3O6/c1-2-34-25(31)19-11-13-20(14-12-19)26-24(30)22(27-23(29)18-8-4-3-5-9-18)16-17-7-6-10-21(15-17)28(32)33/h3-16H,2H2,1H3,(H,26,30)(H,27,29). The first kappa shape index (κ1) is 23.9. The number of benzene rings is 3. The number of nitrogens with zero attached hydrogens (tertiary/aromatic N) is 1. The highest BCUT2D eigenvalue weighted by Gasteiger charge is 2.16. The highest BCUT2D eigenvalue weighted by atomic mass is 16.6. The molecule has 0 aliphatic rings. The number of hydrogen-bond donors (Lipinski definition) is 2. The summed E-state index contributed by atoms with van der Waals surface area (Å²) in [5.41, 5.74) is 1.10. The summed E-state index contributed by atoms with van der Waals surface area (Å²) in [5, 5.41) is 16.3. The molecule has 0 heterocycles. The number of ether oxygens (including phenoxy) is 1. The molecular weight excluding hydrogens is 438 g/mol. The number of nitro benzene ring substituents is 1. The van der Waals surface area contributed by atoms with E-state index in [9.17, 15) is 24.5 Å². The molecule has 3 aromatic rings. The van der Waals surface area contributed by atoms with Crippen LogP contribution in [0, 0.1) is 10.1 Å². The molecule has 0 unspecified atom stereocenters. The average molecular weight is 459 g/mol. The molecule has 172 valence electrons. The summed E-state index contributed by atoms with van der Waals surface area (Å²) in [6, 6.07) is 20.0. The number of nitrogens with one attached hydrogen (secondary N) is 2. The minimum absolute atomic E-state index is 0.121. The highest BCUT2D eigenvalue weighted by Crippen LogP contribution is 2.17. The lowest BCUT2D eigenvalue weighted by molar-refractivity contribution is -0.384. The molecule has 9 heteroatoms. The molecule has 0 aliphatic heterocycles. The molecule has 0 radical (unpaired) electrons. The fourth-order valence-corrected chi connectivity index (χ4v) is 2.94. The smallest absolute Gasteiger partial charge is 0.338 e. The van der Waals surface area contributed by atoms with E-state index in [0.717, 1.165) is 0 Å². The van der Waals surface area contributed by atoms with Crippen molar-refractivity contribution >= 4 is 35.2 Å². The van der Waals surface area contributed by atoms with E-state index in [2.05, 4.69) is 10.6 Å². The zero-order chi connectivity index (χ0) is 24.5. The molecule has 0 aliphatic carbocycles. The molecule has 0 saturated carbocycles. The maximum absolute atomic E-state index is 13.0. The third-order valence-corrected chi connectivity index (χ3v) is 4.57. The van der Waals surface area contributed by atoms with Gasteiger partial charge in [-0.25, -0.2) is 4.79 Å². The number of carbonyl (C=O) groups excluding carboxylic acids is 3. The zero-order valence-electron chi connectivity index (χ0n) is 18.2. The van der Waals surface area contributed by atoms with Crippen molar-refractivity contribution in [2.75, 3.05) is 11.9 Å². The summed E-state index contributed by atoms with van der Waals surface area (Å²) in [6.45, 7) is 1.94. The molecule has 34 heavy (non-hydrogen) atoms. The molecule has 0 bridgehead atoms. The lowest BCUT2D eigenvalue weighted by Gasteiger charge is -2.12. The fraction of sp³-hybridized carbons (Fsp3) is 0.0800. The summed E-state index contributed by atoms with van der Waals surface area (Å²) in [4.78, 5) is 48.0. The Morgan fingerprint density at radius 2 is 1.65 bits per heavy atom. The Labute approximate surface area is 195 Å². The van der Waals surface area contributed by atoms with E-state index >= 15 is 0 Å². The number of anilines is 1. The number of amides is 2. The van der Waals surface area contributed by atoms with Gasteiger partial charge in [-0.15, -0.1) is 0 Å². The molecule has 2 amide bonds. The van der Waals surface area contributed by atoms with Crippen LogP contribution in [-0.2, 0) is 9.53 Å². The number of hydrogen-bond acceptors (Lipinski definition) is 6. The summed E-state index contributed by atoms with van der Waals surface area (Å²) < 4.78 is 4.93. The normalized spacial score (nSPS) is 10.8. The van der Waals surface area contributed by atoms with Crippen LogP contribution in [0.1, 0.15) is 33.2 Å². The summed E-state index contributed by atoms with van der Waals surface area (Å²) in [6.07, 6.45) is 1.34. The maximum Gasteiger partial charge on any atom is 0.338 e. The number of non-ortho nitro benzene ring substituents is 1. The molecule has 3 rings (SSSR count). The van der Waals surface area contributed by atoms with Gasteiger partial charge in [0.05, 0.1) is 17.1 Å². The minimum atomic E-state index is -0.653. The number of nitro groups is 1. The summed E-state index contributed by atoms with van der Waals surface area (Å²) in [5.74, 6) is -1.66. The van der Waals surface area contributed by atoms with Gasteiger partial charge < -0.3 is 15.4 Å². The van der Waals surface area contributed by atoms with Gasteiger partial charge in [0, 0.05) is 23.4 Å². The van der Waals surface area contributed by atoms with Gasteiger partial charge in [0.15, 0.2) is 0 Å². The van der Waals surface area contributed by atoms with Crippen molar-refractivity contribution in [1.29, 1.82) is 0 Å². The molecule has 0 atom stereocenters. The van der Waals surface area contributed by atoms with Crippen LogP contribution < -0.4 is 10.6 Å². The van der Waals surface area contributed by atoms with Crippen LogP contribution in [0.15, 0.2) is 84.6 Å². The zero-order valence-corrected chi connectivity index (χ0v) is 18.2. The summed E-state index contributed by atoms with van der Waals surface area (Å²) >= 11 is 0. The molecule has 0 saturated heterocycles. The predicted molar refractivity (Wildman–Crippen MR) is 126 cm³/mol. The first-order valence-corrected chi connectivity index (χ1v) is 10.3. The average Bonchev–Trinajstić information content (AvgIpc) is 2.85. The Morgan fingerprint density at radius 1 is 0.941 bits per heavy atom. The van der Waals surface area contributed by atoms with Crippen LogP contribution in [-0.4, -0.2) is 29.3 Å². The van der Waals surface area contributed by atoms with Crippen molar-refractivity contribution in [2.24, 2.45) is 0 Å². The number of carbonyl (C=O) groups is 3. The predicted octanol–water partition coefficient (Wildman–Crippen LogP) is 4.18. The van der Waals surface area contributed by atoms with Gasteiger partial charge in [-0.3, -0.25) is 19.7 Å². The van der Waals surface area contributed by atoms with Gasteiger partial charge in [-0.1, -0.05) is 30.3 Å². The topological polar surface area (TPSA) is 128 Å². The van der Waals surface area contributed by atoms with E-state index in [1.807, 2.05) is 0 Å². The molecule has 0 aromatic heterocycles. The largest absolute Gasteiger partial charge is 0.462 e. The van der Waals surface area contributed by atoms with Gasteiger partial charge in [-0.05, 0) is 55.0 Å². The van der Waals surface area contributed by atoms with E-state index in [0.29, 0.717) is 22.4 Å². The second-order valence-corrected chi connectivity index (χ2v) is 6.98. The van der Waals surface area contributed by atoms with Crippen LogP contribution in [0.25, 0.3) is 6.08 Å². The van der Waals surface area contributed by atoms with Crippen molar-refractivity contribution in [3.8, 4) is 0 Å². The summed E-state index contributed by atoms with van der Waals surface area (Å²) in [7, 11) is 0. The van der Waals surface area contributed by atoms with Crippen molar-refractivity contribution in [3.63, 3.8) is 0 Å². The maximum atomic E-state index is 13.0. The molecule has 2 N–H and O–H groups in total. The number of esters is 1. The van der Waals surface area contributed by atoms with Crippen LogP contribution >= 0.6 is 0 Å². The Balaban J connectivity index is 1.87. The lowest BCUT2D eigenvalue weighted by atomic mass is 10.1. The molecule has 3 aromatic carbocycles. The monoisotopic (exact) mass is 459 g/mol. The lowest BCUT2D eigenvalue weighted by Crippen LogP contribution is -2.30. The highest BCUT2D eigenvalue weighted by molar-refractivity contribution is 6.10. The van der Waals surface area contributed by atoms with Gasteiger partial charge in [0.2, 0.25) is 0 Å². The third kappa shape index (κ3) is 6.36. The Morgan fingerprint density at radius 3 is 2.29 bits per heavy atom. The van der Waals surface area contributed by atoms with Crippen molar-refractivity contribution < 1.29 is 24.0 Å². The van der Waals surface area contributed by atoms with Gasteiger partial charge >= 0.3 is 5.97 Å². The third-order valence-electron chi connectivity index (χ3n) is 4.57. The van der Waals surface area contributed by atoms with Crippen LogP contribution in [0.4, 0.5) is 11.4 Å². The molecule has 0 fully saturated rings. The van der Waals surface area contributed by atoms with Gasteiger partial charge in [-0.2, -0.15) is 0 Å². The van der Waals surface area contributed by atoms with Crippen LogP contribution in [0.3, 0.4) is 0 Å². The van der Waals surface area contributed by atoms with E-state index in [1.165, 1.54) is 48.5 Å². The Bertz CT molecular complexity index is 1240. The van der Waals surface area contributed by atoms with E-state index in [-0.39, 0.29) is 18.0 Å². The SMILES string of the molecule is CCOC(=O)c1ccc(NC(=O)C(=Cc2cccc([N+](=O)[O-])c2)NC(=O)c2ccccc2)cc1. The second kappa shape index (κ2) is 11.2. The van der Waals surface area contributed by atoms with Crippen molar-refractivity contribution in [2.45, 2.75) is 6.92 Å². The van der Waals surface area contributed by atoms with Crippen molar-refractivity contribution in [3.05, 3.63) is 111 Å². The Kier molecular flexibility index (Phi) is 7.85. The van der Waals surface area contributed by atoms with E-state index in [4.69, 9.17) is 4.74 Å². The van der Waals surface area contributed by atoms with Crippen molar-refractivity contribution in [1.82, 2.24) is 5.32 Å². The fourth-order valence-electron chi connectivity index (χ4n) is 2.94. The van der Waals surface area contributed by atoms with Gasteiger partial charge in [0.25, 0.3) is 17.5 Å². The van der Waals surface area contributed by atoms with E-state index in [1.54, 1.807) is 43.3 Å². The van der Waals surface area contributed by atoms with E-state index < -0.39 is 22.7 Å². The first-order valence-electron chi connectivity index (χ1n) is 10.3.